The lowest BCUT2D eigenvalue weighted by atomic mass is 10.0. The number of likely N-dealkylation sites (tertiary alicyclic amines) is 1. The average Bonchev–Trinajstić information content (AvgIpc) is 3.04. The SMILES string of the molecule is Cc1ccnn1CC1CN(C(=O)Nc2nc(-c3ccc(F)cc3F)ccc2N)C1. The summed E-state index contributed by atoms with van der Waals surface area (Å²) in [5.41, 5.74) is 7.63. The van der Waals surface area contributed by atoms with E-state index in [4.69, 9.17) is 5.73 Å². The lowest BCUT2D eigenvalue weighted by Crippen LogP contribution is -2.53. The van der Waals surface area contributed by atoms with E-state index in [9.17, 15) is 13.6 Å². The van der Waals surface area contributed by atoms with Gasteiger partial charge in [0.2, 0.25) is 0 Å². The highest BCUT2D eigenvalue weighted by Gasteiger charge is 2.31. The number of amides is 2. The molecule has 1 aliphatic heterocycles. The largest absolute Gasteiger partial charge is 0.396 e. The van der Waals surface area contributed by atoms with Crippen molar-refractivity contribution in [2.75, 3.05) is 24.1 Å². The quantitative estimate of drug-likeness (QED) is 0.706. The fraction of sp³-hybridized carbons (Fsp3) is 0.250. The molecule has 0 spiro atoms. The minimum atomic E-state index is -0.737. The van der Waals surface area contributed by atoms with Gasteiger partial charge in [0.1, 0.15) is 11.6 Å². The van der Waals surface area contributed by atoms with Crippen molar-refractivity contribution in [2.45, 2.75) is 13.5 Å². The Bertz CT molecular complexity index is 1060. The molecule has 0 aliphatic carbocycles. The molecule has 2 amide bonds. The van der Waals surface area contributed by atoms with Gasteiger partial charge in [-0.3, -0.25) is 10.00 Å². The predicted molar refractivity (Wildman–Crippen MR) is 105 cm³/mol. The van der Waals surface area contributed by atoms with Gasteiger partial charge in [-0.25, -0.2) is 18.6 Å². The molecule has 0 saturated carbocycles. The Morgan fingerprint density at radius 1 is 1.24 bits per heavy atom. The molecular formula is C20H20F2N6O. The third-order valence-electron chi connectivity index (χ3n) is 4.96. The number of hydrogen-bond donors (Lipinski definition) is 2. The first kappa shape index (κ1) is 18.9. The van der Waals surface area contributed by atoms with Crippen molar-refractivity contribution in [1.82, 2.24) is 19.7 Å². The summed E-state index contributed by atoms with van der Waals surface area (Å²) >= 11 is 0. The number of carbonyl (C=O) groups excluding carboxylic acids is 1. The van der Waals surface area contributed by atoms with Gasteiger partial charge in [-0.2, -0.15) is 5.10 Å². The number of nitrogens with one attached hydrogen (secondary N) is 1. The highest BCUT2D eigenvalue weighted by molar-refractivity contribution is 5.92. The third kappa shape index (κ3) is 3.89. The zero-order valence-electron chi connectivity index (χ0n) is 15.8. The molecular weight excluding hydrogens is 378 g/mol. The number of nitrogens with two attached hydrogens (primary N) is 1. The maximum absolute atomic E-state index is 14.0. The molecule has 29 heavy (non-hydrogen) atoms. The molecule has 0 bridgehead atoms. The maximum atomic E-state index is 14.0. The smallest absolute Gasteiger partial charge is 0.323 e. The van der Waals surface area contributed by atoms with Crippen LogP contribution in [-0.4, -0.2) is 38.8 Å². The Morgan fingerprint density at radius 3 is 2.72 bits per heavy atom. The summed E-state index contributed by atoms with van der Waals surface area (Å²) in [6.45, 7) is 3.93. The number of urea groups is 1. The Morgan fingerprint density at radius 2 is 2.03 bits per heavy atom. The van der Waals surface area contributed by atoms with Gasteiger partial charge in [-0.1, -0.05) is 0 Å². The van der Waals surface area contributed by atoms with Gasteiger partial charge >= 0.3 is 6.03 Å². The standard InChI is InChI=1S/C20H20F2N6O/c1-12-6-7-24-28(12)11-13-9-27(10-13)20(29)26-19-17(23)4-5-18(25-19)15-3-2-14(21)8-16(15)22/h2-8,13H,9-11,23H2,1H3,(H,25,26,29). The number of aryl methyl sites for hydroxylation is 1. The highest BCUT2D eigenvalue weighted by atomic mass is 19.1. The van der Waals surface area contributed by atoms with E-state index in [-0.39, 0.29) is 28.8 Å². The van der Waals surface area contributed by atoms with Crippen LogP contribution in [-0.2, 0) is 6.54 Å². The number of anilines is 2. The zero-order valence-corrected chi connectivity index (χ0v) is 15.8. The number of nitrogens with zero attached hydrogens (tertiary/aromatic N) is 4. The fourth-order valence-electron chi connectivity index (χ4n) is 3.28. The summed E-state index contributed by atoms with van der Waals surface area (Å²) < 4.78 is 29.1. The summed E-state index contributed by atoms with van der Waals surface area (Å²) in [6.07, 6.45) is 1.75. The van der Waals surface area contributed by atoms with Crippen LogP contribution in [0.2, 0.25) is 0 Å². The van der Waals surface area contributed by atoms with E-state index >= 15 is 0 Å². The molecule has 0 unspecified atom stereocenters. The molecule has 1 aliphatic rings. The van der Waals surface area contributed by atoms with Crippen molar-refractivity contribution in [1.29, 1.82) is 0 Å². The summed E-state index contributed by atoms with van der Waals surface area (Å²) in [7, 11) is 0. The highest BCUT2D eigenvalue weighted by Crippen LogP contribution is 2.27. The van der Waals surface area contributed by atoms with Crippen molar-refractivity contribution < 1.29 is 13.6 Å². The number of benzene rings is 1. The van der Waals surface area contributed by atoms with Gasteiger partial charge in [-0.05, 0) is 37.3 Å². The summed E-state index contributed by atoms with van der Waals surface area (Å²) in [4.78, 5) is 18.4. The first-order chi connectivity index (χ1) is 13.9. The van der Waals surface area contributed by atoms with E-state index in [0.29, 0.717) is 19.0 Å². The molecule has 9 heteroatoms. The monoisotopic (exact) mass is 398 g/mol. The van der Waals surface area contributed by atoms with Crippen molar-refractivity contribution in [3.05, 3.63) is 59.9 Å². The van der Waals surface area contributed by atoms with Gasteiger partial charge in [0.25, 0.3) is 0 Å². The van der Waals surface area contributed by atoms with Crippen LogP contribution in [0.3, 0.4) is 0 Å². The number of nitrogen functional groups attached to an aromatic ring is 1. The van der Waals surface area contributed by atoms with Gasteiger partial charge in [0.05, 0.1) is 11.4 Å². The van der Waals surface area contributed by atoms with E-state index in [1.165, 1.54) is 18.2 Å². The molecule has 1 fully saturated rings. The number of pyridine rings is 1. The Labute approximate surface area is 166 Å². The van der Waals surface area contributed by atoms with Gasteiger partial charge < -0.3 is 10.6 Å². The zero-order chi connectivity index (χ0) is 20.5. The number of hydrogen-bond acceptors (Lipinski definition) is 4. The lowest BCUT2D eigenvalue weighted by Gasteiger charge is -2.39. The van der Waals surface area contributed by atoms with Crippen LogP contribution in [0.5, 0.6) is 0 Å². The second-order valence-corrected chi connectivity index (χ2v) is 7.11. The van der Waals surface area contributed by atoms with Crippen molar-refractivity contribution in [3.8, 4) is 11.3 Å². The number of aromatic nitrogens is 3. The molecule has 2 aromatic heterocycles. The summed E-state index contributed by atoms with van der Waals surface area (Å²) in [6, 6.07) is 7.90. The second-order valence-electron chi connectivity index (χ2n) is 7.11. The average molecular weight is 398 g/mol. The van der Waals surface area contributed by atoms with Gasteiger partial charge in [-0.15, -0.1) is 0 Å². The van der Waals surface area contributed by atoms with E-state index in [0.717, 1.165) is 24.4 Å². The summed E-state index contributed by atoms with van der Waals surface area (Å²) in [5.74, 6) is -0.946. The lowest BCUT2D eigenvalue weighted by molar-refractivity contribution is 0.117. The summed E-state index contributed by atoms with van der Waals surface area (Å²) in [5, 5.41) is 6.93. The second kappa shape index (κ2) is 7.50. The minimum Gasteiger partial charge on any atom is -0.396 e. The van der Waals surface area contributed by atoms with Crippen LogP contribution in [0.4, 0.5) is 25.1 Å². The van der Waals surface area contributed by atoms with Crippen LogP contribution in [0, 0.1) is 24.5 Å². The van der Waals surface area contributed by atoms with E-state index in [1.54, 1.807) is 11.1 Å². The van der Waals surface area contributed by atoms with Crippen molar-refractivity contribution in [2.24, 2.45) is 5.92 Å². The molecule has 3 heterocycles. The number of carbonyl (C=O) groups is 1. The van der Waals surface area contributed by atoms with Crippen LogP contribution < -0.4 is 11.1 Å². The molecule has 0 radical (unpaired) electrons. The number of halogens is 2. The molecule has 1 aromatic carbocycles. The molecule has 3 aromatic rings. The number of rotatable bonds is 4. The van der Waals surface area contributed by atoms with Crippen molar-refractivity contribution >= 4 is 17.5 Å². The Balaban J connectivity index is 1.42. The van der Waals surface area contributed by atoms with Crippen LogP contribution in [0.15, 0.2) is 42.6 Å². The third-order valence-corrected chi connectivity index (χ3v) is 4.96. The first-order valence-electron chi connectivity index (χ1n) is 9.17. The Kier molecular flexibility index (Phi) is 4.87. The molecule has 4 rings (SSSR count). The van der Waals surface area contributed by atoms with E-state index < -0.39 is 11.6 Å². The van der Waals surface area contributed by atoms with Gasteiger partial charge in [0.15, 0.2) is 5.82 Å². The predicted octanol–water partition coefficient (Wildman–Crippen LogP) is 3.28. The normalized spacial score (nSPS) is 14.0. The fourth-order valence-corrected chi connectivity index (χ4v) is 3.28. The first-order valence-corrected chi connectivity index (χ1v) is 9.17. The van der Waals surface area contributed by atoms with Crippen LogP contribution in [0.25, 0.3) is 11.3 Å². The minimum absolute atomic E-state index is 0.125. The van der Waals surface area contributed by atoms with E-state index in [1.807, 2.05) is 17.7 Å². The van der Waals surface area contributed by atoms with E-state index in [2.05, 4.69) is 15.4 Å². The Hall–Kier alpha value is -3.49. The maximum Gasteiger partial charge on any atom is 0.323 e. The van der Waals surface area contributed by atoms with Crippen LogP contribution >= 0.6 is 0 Å². The van der Waals surface area contributed by atoms with Gasteiger partial charge in [0, 0.05) is 49.1 Å². The molecule has 0 atom stereocenters. The molecule has 3 N–H and O–H groups in total. The molecule has 150 valence electrons. The molecule has 7 nitrogen and oxygen atoms in total. The molecule has 1 saturated heterocycles. The van der Waals surface area contributed by atoms with Crippen molar-refractivity contribution in [3.63, 3.8) is 0 Å². The van der Waals surface area contributed by atoms with Crippen LogP contribution in [0.1, 0.15) is 5.69 Å². The topological polar surface area (TPSA) is 89.1 Å².